The number of nitriles is 1. The quantitative estimate of drug-likeness (QED) is 0.568. The smallest absolute Gasteiger partial charge is 0.170 e. The molecule has 0 aliphatic rings. The molecule has 2 unspecified atom stereocenters. The third kappa shape index (κ3) is 1.99. The molecule has 1 heterocycles. The maximum atomic E-state index is 9.50. The summed E-state index contributed by atoms with van der Waals surface area (Å²) >= 11 is 0. The molecule has 0 aliphatic carbocycles. The van der Waals surface area contributed by atoms with Crippen LogP contribution < -0.4 is 5.73 Å². The van der Waals surface area contributed by atoms with Gasteiger partial charge in [0.05, 0.1) is 6.07 Å². The van der Waals surface area contributed by atoms with Gasteiger partial charge < -0.3 is 15.9 Å². The van der Waals surface area contributed by atoms with Gasteiger partial charge in [0.1, 0.15) is 11.9 Å². The van der Waals surface area contributed by atoms with Crippen molar-refractivity contribution < 1.29 is 10.2 Å². The van der Waals surface area contributed by atoms with Crippen LogP contribution in [0.15, 0.2) is 12.3 Å². The summed E-state index contributed by atoms with van der Waals surface area (Å²) in [7, 11) is 0. The minimum Gasteiger partial charge on any atom is -0.384 e. The first-order valence-corrected chi connectivity index (χ1v) is 4.04. The van der Waals surface area contributed by atoms with Gasteiger partial charge in [-0.2, -0.15) is 5.26 Å². The first-order valence-electron chi connectivity index (χ1n) is 4.04. The fraction of sp³-hybridized carbons (Fsp3) is 0.333. The zero-order valence-corrected chi connectivity index (χ0v) is 7.68. The van der Waals surface area contributed by atoms with Gasteiger partial charge in [0.2, 0.25) is 0 Å². The fourth-order valence-electron chi connectivity index (χ4n) is 1.08. The maximum absolute atomic E-state index is 9.50. The number of hydrogen-bond acceptors (Lipinski definition) is 5. The third-order valence-electron chi connectivity index (χ3n) is 1.84. The molecular formula is C9H11N3O2. The highest BCUT2D eigenvalue weighted by Gasteiger charge is 2.20. The van der Waals surface area contributed by atoms with E-state index in [1.165, 1.54) is 6.07 Å². The van der Waals surface area contributed by atoms with Gasteiger partial charge in [-0.05, 0) is 18.6 Å². The van der Waals surface area contributed by atoms with Crippen LogP contribution in [0.4, 0.5) is 5.82 Å². The first-order chi connectivity index (χ1) is 6.56. The molecule has 0 bridgehead atoms. The SMILES string of the molecule is Cc1cnc(N)c(C(O)C(O)C#N)c1. The lowest BCUT2D eigenvalue weighted by molar-refractivity contribution is 0.0530. The molecule has 1 aromatic heterocycles. The number of nitrogens with zero attached hydrogens (tertiary/aromatic N) is 2. The van der Waals surface area contributed by atoms with E-state index in [9.17, 15) is 5.11 Å². The zero-order chi connectivity index (χ0) is 10.7. The molecule has 0 saturated heterocycles. The lowest BCUT2D eigenvalue weighted by Gasteiger charge is -2.13. The Labute approximate surface area is 81.4 Å². The molecule has 0 amide bonds. The molecule has 1 aromatic rings. The second kappa shape index (κ2) is 4.05. The van der Waals surface area contributed by atoms with Crippen molar-refractivity contribution >= 4 is 5.82 Å². The van der Waals surface area contributed by atoms with E-state index in [0.29, 0.717) is 0 Å². The van der Waals surface area contributed by atoms with Gasteiger partial charge >= 0.3 is 0 Å². The molecule has 0 aromatic carbocycles. The van der Waals surface area contributed by atoms with E-state index in [1.54, 1.807) is 19.2 Å². The van der Waals surface area contributed by atoms with Crippen LogP contribution in [0.3, 0.4) is 0 Å². The van der Waals surface area contributed by atoms with Crippen molar-refractivity contribution in [2.45, 2.75) is 19.1 Å². The topological polar surface area (TPSA) is 103 Å². The number of rotatable bonds is 2. The number of pyridine rings is 1. The van der Waals surface area contributed by atoms with Crippen molar-refractivity contribution in [2.75, 3.05) is 5.73 Å². The van der Waals surface area contributed by atoms with Gasteiger partial charge in [0.15, 0.2) is 6.10 Å². The number of aliphatic hydroxyl groups excluding tert-OH is 2. The Kier molecular flexibility index (Phi) is 3.02. The summed E-state index contributed by atoms with van der Waals surface area (Å²) in [6.45, 7) is 1.78. The van der Waals surface area contributed by atoms with E-state index in [0.717, 1.165) is 5.56 Å². The second-order valence-corrected chi connectivity index (χ2v) is 3.01. The fourth-order valence-corrected chi connectivity index (χ4v) is 1.08. The molecule has 14 heavy (non-hydrogen) atoms. The van der Waals surface area contributed by atoms with Gasteiger partial charge in [-0.15, -0.1) is 0 Å². The first kappa shape index (κ1) is 10.4. The normalized spacial score (nSPS) is 14.4. The predicted octanol–water partition coefficient (Wildman–Crippen LogP) is -0.110. The molecule has 1 rings (SSSR count). The molecule has 0 fully saturated rings. The van der Waals surface area contributed by atoms with E-state index < -0.39 is 12.2 Å². The molecule has 74 valence electrons. The van der Waals surface area contributed by atoms with Crippen molar-refractivity contribution in [3.8, 4) is 6.07 Å². The number of nitrogens with two attached hydrogens (primary N) is 1. The number of hydrogen-bond donors (Lipinski definition) is 3. The summed E-state index contributed by atoms with van der Waals surface area (Å²) in [4.78, 5) is 3.81. The van der Waals surface area contributed by atoms with E-state index in [2.05, 4.69) is 4.98 Å². The minimum atomic E-state index is -1.49. The van der Waals surface area contributed by atoms with Gasteiger partial charge in [-0.1, -0.05) is 0 Å². The van der Waals surface area contributed by atoms with Crippen LogP contribution in [0.1, 0.15) is 17.2 Å². The Morgan fingerprint density at radius 2 is 2.21 bits per heavy atom. The van der Waals surface area contributed by atoms with E-state index in [1.807, 2.05) is 0 Å². The van der Waals surface area contributed by atoms with Gasteiger partial charge in [-0.3, -0.25) is 0 Å². The number of anilines is 1. The number of aliphatic hydroxyl groups is 2. The Morgan fingerprint density at radius 1 is 1.57 bits per heavy atom. The highest BCUT2D eigenvalue weighted by atomic mass is 16.3. The summed E-state index contributed by atoms with van der Waals surface area (Å²) in [6.07, 6.45) is -1.25. The summed E-state index contributed by atoms with van der Waals surface area (Å²) in [6, 6.07) is 3.12. The number of aromatic nitrogens is 1. The molecular weight excluding hydrogens is 182 g/mol. The average Bonchev–Trinajstić information content (AvgIpc) is 2.19. The van der Waals surface area contributed by atoms with E-state index >= 15 is 0 Å². The maximum Gasteiger partial charge on any atom is 0.170 e. The summed E-state index contributed by atoms with van der Waals surface area (Å²) in [5.41, 5.74) is 6.57. The van der Waals surface area contributed by atoms with Crippen LogP contribution >= 0.6 is 0 Å². The standard InChI is InChI=1S/C9H11N3O2/c1-5-2-6(9(11)12-4-5)8(14)7(13)3-10/h2,4,7-8,13-14H,1H3,(H2,11,12). The van der Waals surface area contributed by atoms with Gasteiger partial charge in [0, 0.05) is 11.8 Å². The lowest BCUT2D eigenvalue weighted by atomic mass is 10.0. The number of nitrogen functional groups attached to an aromatic ring is 1. The molecule has 4 N–H and O–H groups in total. The third-order valence-corrected chi connectivity index (χ3v) is 1.84. The Hall–Kier alpha value is -1.64. The van der Waals surface area contributed by atoms with Crippen molar-refractivity contribution in [3.63, 3.8) is 0 Å². The molecule has 0 radical (unpaired) electrons. The van der Waals surface area contributed by atoms with Gasteiger partial charge in [0.25, 0.3) is 0 Å². The summed E-state index contributed by atoms with van der Waals surface area (Å²) in [5.74, 6) is 0.123. The summed E-state index contributed by atoms with van der Waals surface area (Å²) in [5, 5.41) is 27.0. The van der Waals surface area contributed by atoms with Crippen LogP contribution in [0, 0.1) is 18.3 Å². The van der Waals surface area contributed by atoms with Crippen molar-refractivity contribution in [2.24, 2.45) is 0 Å². The Balaban J connectivity index is 3.07. The lowest BCUT2D eigenvalue weighted by Crippen LogP contribution is -2.17. The largest absolute Gasteiger partial charge is 0.384 e. The van der Waals surface area contributed by atoms with Crippen molar-refractivity contribution in [1.82, 2.24) is 4.98 Å². The monoisotopic (exact) mass is 193 g/mol. The van der Waals surface area contributed by atoms with Crippen LogP contribution in [-0.2, 0) is 0 Å². The minimum absolute atomic E-state index is 0.123. The van der Waals surface area contributed by atoms with Crippen LogP contribution in [0.5, 0.6) is 0 Å². The van der Waals surface area contributed by atoms with Crippen molar-refractivity contribution in [1.29, 1.82) is 5.26 Å². The molecule has 0 spiro atoms. The van der Waals surface area contributed by atoms with Crippen LogP contribution in [-0.4, -0.2) is 21.3 Å². The highest BCUT2D eigenvalue weighted by molar-refractivity contribution is 5.43. The Bertz CT molecular complexity index is 373. The van der Waals surface area contributed by atoms with Crippen molar-refractivity contribution in [3.05, 3.63) is 23.4 Å². The average molecular weight is 193 g/mol. The number of aryl methyl sites for hydroxylation is 1. The molecule has 5 nitrogen and oxygen atoms in total. The highest BCUT2D eigenvalue weighted by Crippen LogP contribution is 2.22. The van der Waals surface area contributed by atoms with Crippen LogP contribution in [0.2, 0.25) is 0 Å². The second-order valence-electron chi connectivity index (χ2n) is 3.01. The van der Waals surface area contributed by atoms with E-state index in [4.69, 9.17) is 16.1 Å². The predicted molar refractivity (Wildman–Crippen MR) is 50.0 cm³/mol. The summed E-state index contributed by atoms with van der Waals surface area (Å²) < 4.78 is 0. The zero-order valence-electron chi connectivity index (χ0n) is 7.68. The molecule has 5 heteroatoms. The molecule has 0 aliphatic heterocycles. The van der Waals surface area contributed by atoms with E-state index in [-0.39, 0.29) is 11.4 Å². The Morgan fingerprint density at radius 3 is 2.79 bits per heavy atom. The van der Waals surface area contributed by atoms with Gasteiger partial charge in [-0.25, -0.2) is 4.98 Å². The molecule has 2 atom stereocenters. The van der Waals surface area contributed by atoms with Crippen LogP contribution in [0.25, 0.3) is 0 Å². The molecule has 0 saturated carbocycles.